The maximum atomic E-state index is 13.6. The number of carboxylic acid groups (broad SMARTS) is 1. The summed E-state index contributed by atoms with van der Waals surface area (Å²) in [5.74, 6) is -2.19. The number of nitrogens with zero attached hydrogens (tertiary/aromatic N) is 1. The number of benzene rings is 1. The molecule has 1 aliphatic heterocycles. The monoisotopic (exact) mass is 269 g/mol. The van der Waals surface area contributed by atoms with E-state index in [0.717, 1.165) is 12.8 Å². The van der Waals surface area contributed by atoms with Crippen molar-refractivity contribution in [2.24, 2.45) is 0 Å². The average Bonchev–Trinajstić information content (AvgIpc) is 2.36. The van der Waals surface area contributed by atoms with E-state index in [1.54, 1.807) is 11.8 Å². The summed E-state index contributed by atoms with van der Waals surface area (Å²) in [5, 5.41) is 9.36. The molecule has 0 aliphatic carbocycles. The zero-order valence-corrected chi connectivity index (χ0v) is 10.8. The Kier molecular flexibility index (Phi) is 3.85. The molecule has 0 saturated carbocycles. The summed E-state index contributed by atoms with van der Waals surface area (Å²) < 4.78 is 27.3. The highest BCUT2D eigenvalue weighted by Crippen LogP contribution is 2.30. The maximum absolute atomic E-state index is 13.6. The van der Waals surface area contributed by atoms with Gasteiger partial charge in [-0.3, -0.25) is 9.69 Å². The molecule has 1 saturated heterocycles. The average molecular weight is 269 g/mol. The first-order valence-corrected chi connectivity index (χ1v) is 6.36. The summed E-state index contributed by atoms with van der Waals surface area (Å²) in [6.45, 7) is 2.14. The molecule has 0 aromatic heterocycles. The standard InChI is InChI=1S/C14H17F2NO2/c1-14(13(18)19)7-2-3-8-17(14)9-10-11(15)5-4-6-12(10)16/h4-6H,2-3,7-9H2,1H3,(H,18,19). The Morgan fingerprint density at radius 3 is 2.58 bits per heavy atom. The predicted octanol–water partition coefficient (Wildman–Crippen LogP) is 2.79. The summed E-state index contributed by atoms with van der Waals surface area (Å²) in [4.78, 5) is 13.1. The molecule has 1 fully saturated rings. The first kappa shape index (κ1) is 13.9. The van der Waals surface area contributed by atoms with Gasteiger partial charge in [0.15, 0.2) is 0 Å². The molecule has 1 aliphatic rings. The third-order valence-electron chi connectivity index (χ3n) is 3.91. The smallest absolute Gasteiger partial charge is 0.323 e. The van der Waals surface area contributed by atoms with Gasteiger partial charge in [-0.25, -0.2) is 8.78 Å². The molecule has 19 heavy (non-hydrogen) atoms. The number of aliphatic carboxylic acids is 1. The Hall–Kier alpha value is -1.49. The number of likely N-dealkylation sites (tertiary alicyclic amines) is 1. The van der Waals surface area contributed by atoms with Crippen LogP contribution in [0.4, 0.5) is 8.78 Å². The van der Waals surface area contributed by atoms with Crippen molar-refractivity contribution in [1.29, 1.82) is 0 Å². The van der Waals surface area contributed by atoms with Gasteiger partial charge in [0.1, 0.15) is 17.2 Å². The molecule has 1 aromatic rings. The largest absolute Gasteiger partial charge is 0.480 e. The van der Waals surface area contributed by atoms with E-state index in [1.807, 2.05) is 0 Å². The minimum absolute atomic E-state index is 0.0126. The molecule has 0 spiro atoms. The molecule has 0 radical (unpaired) electrons. The van der Waals surface area contributed by atoms with Crippen molar-refractivity contribution in [3.05, 3.63) is 35.4 Å². The van der Waals surface area contributed by atoms with Crippen molar-refractivity contribution in [2.75, 3.05) is 6.54 Å². The number of rotatable bonds is 3. The van der Waals surface area contributed by atoms with Crippen LogP contribution in [0.1, 0.15) is 31.7 Å². The predicted molar refractivity (Wildman–Crippen MR) is 66.7 cm³/mol. The molecular formula is C14H17F2NO2. The van der Waals surface area contributed by atoms with Crippen LogP contribution in [0.3, 0.4) is 0 Å². The van der Waals surface area contributed by atoms with Gasteiger partial charge in [-0.15, -0.1) is 0 Å². The number of carboxylic acids is 1. The van der Waals surface area contributed by atoms with Crippen molar-refractivity contribution in [1.82, 2.24) is 4.90 Å². The third kappa shape index (κ3) is 2.61. The molecule has 1 heterocycles. The lowest BCUT2D eigenvalue weighted by Gasteiger charge is -2.41. The van der Waals surface area contributed by atoms with E-state index in [9.17, 15) is 18.7 Å². The molecular weight excluding hydrogens is 252 g/mol. The summed E-state index contributed by atoms with van der Waals surface area (Å²) in [7, 11) is 0. The SMILES string of the molecule is CC1(C(=O)O)CCCCN1Cc1c(F)cccc1F. The van der Waals surface area contributed by atoms with Crippen molar-refractivity contribution in [3.8, 4) is 0 Å². The van der Waals surface area contributed by atoms with E-state index in [4.69, 9.17) is 0 Å². The van der Waals surface area contributed by atoms with E-state index in [1.165, 1.54) is 18.2 Å². The van der Waals surface area contributed by atoms with Crippen LogP contribution in [0.15, 0.2) is 18.2 Å². The number of hydrogen-bond acceptors (Lipinski definition) is 2. The van der Waals surface area contributed by atoms with Crippen LogP contribution >= 0.6 is 0 Å². The van der Waals surface area contributed by atoms with Gasteiger partial charge in [0.2, 0.25) is 0 Å². The fourth-order valence-electron chi connectivity index (χ4n) is 2.55. The van der Waals surface area contributed by atoms with Gasteiger partial charge >= 0.3 is 5.97 Å². The number of halogens is 2. The van der Waals surface area contributed by atoms with Gasteiger partial charge in [0.05, 0.1) is 0 Å². The van der Waals surface area contributed by atoms with Crippen LogP contribution in [0.2, 0.25) is 0 Å². The second-order valence-electron chi connectivity index (χ2n) is 5.16. The van der Waals surface area contributed by atoms with E-state index in [0.29, 0.717) is 13.0 Å². The molecule has 3 nitrogen and oxygen atoms in total. The number of piperidine rings is 1. The summed E-state index contributed by atoms with van der Waals surface area (Å²) in [6.07, 6.45) is 2.16. The van der Waals surface area contributed by atoms with Crippen molar-refractivity contribution >= 4 is 5.97 Å². The zero-order valence-electron chi connectivity index (χ0n) is 10.8. The molecule has 1 atom stereocenters. The lowest BCUT2D eigenvalue weighted by Crippen LogP contribution is -2.54. The van der Waals surface area contributed by atoms with Crippen molar-refractivity contribution in [3.63, 3.8) is 0 Å². The van der Waals surface area contributed by atoms with E-state index < -0.39 is 23.1 Å². The first-order valence-electron chi connectivity index (χ1n) is 6.36. The highest BCUT2D eigenvalue weighted by molar-refractivity contribution is 5.78. The van der Waals surface area contributed by atoms with Crippen molar-refractivity contribution in [2.45, 2.75) is 38.3 Å². The fourth-order valence-corrected chi connectivity index (χ4v) is 2.55. The molecule has 0 bridgehead atoms. The van der Waals surface area contributed by atoms with Gasteiger partial charge in [0, 0.05) is 12.1 Å². The second-order valence-corrected chi connectivity index (χ2v) is 5.16. The van der Waals surface area contributed by atoms with Crippen LogP contribution in [-0.4, -0.2) is 28.1 Å². The highest BCUT2D eigenvalue weighted by Gasteiger charge is 2.41. The summed E-state index contributed by atoms with van der Waals surface area (Å²) in [6, 6.07) is 3.70. The minimum atomic E-state index is -1.05. The van der Waals surface area contributed by atoms with E-state index in [2.05, 4.69) is 0 Å². The summed E-state index contributed by atoms with van der Waals surface area (Å²) >= 11 is 0. The molecule has 104 valence electrons. The van der Waals surface area contributed by atoms with Gasteiger partial charge in [-0.1, -0.05) is 6.07 Å². The molecule has 1 aromatic carbocycles. The third-order valence-corrected chi connectivity index (χ3v) is 3.91. The van der Waals surface area contributed by atoms with Crippen LogP contribution < -0.4 is 0 Å². The Labute approximate surface area is 110 Å². The van der Waals surface area contributed by atoms with Gasteiger partial charge in [-0.2, -0.15) is 0 Å². The van der Waals surface area contributed by atoms with Gasteiger partial charge < -0.3 is 5.11 Å². The first-order chi connectivity index (χ1) is 8.95. The second kappa shape index (κ2) is 5.25. The van der Waals surface area contributed by atoms with Crippen LogP contribution in [0.25, 0.3) is 0 Å². The molecule has 0 amide bonds. The van der Waals surface area contributed by atoms with Crippen LogP contribution in [0.5, 0.6) is 0 Å². The Bertz CT molecular complexity index is 472. The zero-order chi connectivity index (χ0) is 14.0. The van der Waals surface area contributed by atoms with Gasteiger partial charge in [-0.05, 0) is 44.9 Å². The topological polar surface area (TPSA) is 40.5 Å². The molecule has 5 heteroatoms. The van der Waals surface area contributed by atoms with Crippen LogP contribution in [0, 0.1) is 11.6 Å². The number of carbonyl (C=O) groups is 1. The Balaban J connectivity index is 2.28. The lowest BCUT2D eigenvalue weighted by molar-refractivity contribution is -0.153. The van der Waals surface area contributed by atoms with E-state index in [-0.39, 0.29) is 12.1 Å². The Morgan fingerprint density at radius 1 is 1.37 bits per heavy atom. The molecule has 1 unspecified atom stereocenters. The maximum Gasteiger partial charge on any atom is 0.323 e. The minimum Gasteiger partial charge on any atom is -0.480 e. The van der Waals surface area contributed by atoms with E-state index >= 15 is 0 Å². The summed E-state index contributed by atoms with van der Waals surface area (Å²) in [5.41, 5.74) is -1.11. The highest BCUT2D eigenvalue weighted by atomic mass is 19.1. The van der Waals surface area contributed by atoms with Crippen molar-refractivity contribution < 1.29 is 18.7 Å². The quantitative estimate of drug-likeness (QED) is 0.917. The lowest BCUT2D eigenvalue weighted by atomic mass is 9.88. The van der Waals surface area contributed by atoms with Gasteiger partial charge in [0.25, 0.3) is 0 Å². The van der Waals surface area contributed by atoms with Crippen LogP contribution in [-0.2, 0) is 11.3 Å². The normalized spacial score (nSPS) is 24.4. The number of hydrogen-bond donors (Lipinski definition) is 1. The molecule has 1 N–H and O–H groups in total. The Morgan fingerprint density at radius 2 is 2.00 bits per heavy atom. The fraction of sp³-hybridized carbons (Fsp3) is 0.500. The molecule has 2 rings (SSSR count).